The van der Waals surface area contributed by atoms with Crippen molar-refractivity contribution < 1.29 is 18.3 Å². The van der Waals surface area contributed by atoms with Gasteiger partial charge in [0.25, 0.3) is 0 Å². The molecule has 90 valence electrons. The first-order valence-corrected chi connectivity index (χ1v) is 5.01. The zero-order valence-corrected chi connectivity index (χ0v) is 8.83. The maximum absolute atomic E-state index is 12.6. The first-order chi connectivity index (χ1) is 7.45. The molecule has 2 unspecified atom stereocenters. The third kappa shape index (κ3) is 3.41. The molecule has 0 aromatic heterocycles. The molecule has 0 aliphatic heterocycles. The third-order valence-electron chi connectivity index (χ3n) is 2.25. The average molecular weight is 233 g/mol. The van der Waals surface area contributed by atoms with Gasteiger partial charge in [-0.25, -0.2) is 0 Å². The minimum atomic E-state index is -4.47. The van der Waals surface area contributed by atoms with Crippen molar-refractivity contribution in [2.75, 3.05) is 5.32 Å². The number of nitrogens with one attached hydrogen (secondary N) is 1. The number of rotatable bonds is 4. The van der Waals surface area contributed by atoms with Gasteiger partial charge in [0.15, 0.2) is 0 Å². The van der Waals surface area contributed by atoms with Crippen LogP contribution in [-0.4, -0.2) is 23.4 Å². The van der Waals surface area contributed by atoms with E-state index in [1.165, 1.54) is 19.1 Å². The Morgan fingerprint density at radius 2 is 1.81 bits per heavy atom. The first kappa shape index (κ1) is 12.8. The summed E-state index contributed by atoms with van der Waals surface area (Å²) in [5, 5.41) is 11.6. The van der Waals surface area contributed by atoms with Crippen molar-refractivity contribution in [1.29, 1.82) is 0 Å². The van der Waals surface area contributed by atoms with E-state index < -0.39 is 18.3 Å². The highest BCUT2D eigenvalue weighted by Gasteiger charge is 2.43. The lowest BCUT2D eigenvalue weighted by molar-refractivity contribution is -0.162. The molecule has 2 N–H and O–H groups in total. The predicted octanol–water partition coefficient (Wildman–Crippen LogP) is 2.80. The van der Waals surface area contributed by atoms with Crippen molar-refractivity contribution in [1.82, 2.24) is 0 Å². The smallest absolute Gasteiger partial charge is 0.391 e. The Kier molecular flexibility index (Phi) is 4.18. The highest BCUT2D eigenvalue weighted by atomic mass is 19.4. The number of anilines is 1. The van der Waals surface area contributed by atoms with Gasteiger partial charge in [0, 0.05) is 5.69 Å². The lowest BCUT2D eigenvalue weighted by Crippen LogP contribution is -2.45. The molecule has 0 amide bonds. The third-order valence-corrected chi connectivity index (χ3v) is 2.25. The van der Waals surface area contributed by atoms with Crippen LogP contribution in [0.2, 0.25) is 0 Å². The molecule has 16 heavy (non-hydrogen) atoms. The lowest BCUT2D eigenvalue weighted by Gasteiger charge is -2.26. The van der Waals surface area contributed by atoms with Crippen LogP contribution >= 0.6 is 0 Å². The second kappa shape index (κ2) is 5.21. The van der Waals surface area contributed by atoms with Gasteiger partial charge in [-0.05, 0) is 18.6 Å². The van der Waals surface area contributed by atoms with Crippen molar-refractivity contribution in [3.8, 4) is 0 Å². The van der Waals surface area contributed by atoms with Crippen molar-refractivity contribution >= 4 is 5.69 Å². The van der Waals surface area contributed by atoms with Gasteiger partial charge in [0.05, 0.1) is 6.10 Å². The summed E-state index contributed by atoms with van der Waals surface area (Å²) >= 11 is 0. The van der Waals surface area contributed by atoms with Crippen molar-refractivity contribution in [2.24, 2.45) is 0 Å². The van der Waals surface area contributed by atoms with Crippen molar-refractivity contribution in [2.45, 2.75) is 31.7 Å². The SMILES string of the molecule is CCC(O)C(Nc1ccccc1)C(F)(F)F. The molecule has 2 atom stereocenters. The van der Waals surface area contributed by atoms with E-state index in [0.717, 1.165) is 0 Å². The summed E-state index contributed by atoms with van der Waals surface area (Å²) in [4.78, 5) is 0. The predicted molar refractivity (Wildman–Crippen MR) is 56.2 cm³/mol. The summed E-state index contributed by atoms with van der Waals surface area (Å²) in [5.41, 5.74) is 0.345. The van der Waals surface area contributed by atoms with E-state index in [1.807, 2.05) is 0 Å². The normalized spacial score (nSPS) is 15.6. The Bertz CT molecular complexity index is 313. The second-order valence-electron chi connectivity index (χ2n) is 3.51. The molecule has 0 heterocycles. The lowest BCUT2D eigenvalue weighted by atomic mass is 10.1. The first-order valence-electron chi connectivity index (χ1n) is 5.01. The molecule has 0 spiro atoms. The van der Waals surface area contributed by atoms with Crippen molar-refractivity contribution in [3.63, 3.8) is 0 Å². The Balaban J connectivity index is 2.80. The highest BCUT2D eigenvalue weighted by molar-refractivity contribution is 5.44. The number of aliphatic hydroxyl groups is 1. The summed E-state index contributed by atoms with van der Waals surface area (Å²) in [7, 11) is 0. The van der Waals surface area contributed by atoms with Gasteiger partial charge in [0.2, 0.25) is 0 Å². The fourth-order valence-electron chi connectivity index (χ4n) is 1.35. The fourth-order valence-corrected chi connectivity index (χ4v) is 1.35. The number of hydrogen-bond acceptors (Lipinski definition) is 2. The molecule has 0 aliphatic carbocycles. The maximum Gasteiger partial charge on any atom is 0.411 e. The van der Waals surface area contributed by atoms with Crippen LogP contribution in [0, 0.1) is 0 Å². The number of hydrogen-bond donors (Lipinski definition) is 2. The molecule has 2 nitrogen and oxygen atoms in total. The molecule has 0 saturated carbocycles. The quantitative estimate of drug-likeness (QED) is 0.838. The zero-order valence-electron chi connectivity index (χ0n) is 8.83. The van der Waals surface area contributed by atoms with Crippen LogP contribution in [-0.2, 0) is 0 Å². The molecule has 1 aromatic carbocycles. The number of aliphatic hydroxyl groups excluding tert-OH is 1. The summed E-state index contributed by atoms with van der Waals surface area (Å²) in [6, 6.07) is 6.11. The maximum atomic E-state index is 12.6. The van der Waals surface area contributed by atoms with E-state index in [-0.39, 0.29) is 6.42 Å². The van der Waals surface area contributed by atoms with Crippen LogP contribution in [0.15, 0.2) is 30.3 Å². The second-order valence-corrected chi connectivity index (χ2v) is 3.51. The largest absolute Gasteiger partial charge is 0.411 e. The Labute approximate surface area is 92.1 Å². The van der Waals surface area contributed by atoms with E-state index in [2.05, 4.69) is 5.32 Å². The van der Waals surface area contributed by atoms with E-state index in [1.54, 1.807) is 18.2 Å². The standard InChI is InChI=1S/C11H14F3NO/c1-2-9(16)10(11(12,13)14)15-8-6-4-3-5-7-8/h3-7,9-10,15-16H,2H2,1H3. The van der Waals surface area contributed by atoms with E-state index >= 15 is 0 Å². The van der Waals surface area contributed by atoms with E-state index in [4.69, 9.17) is 0 Å². The van der Waals surface area contributed by atoms with E-state index in [9.17, 15) is 18.3 Å². The average Bonchev–Trinajstić information content (AvgIpc) is 2.25. The summed E-state index contributed by atoms with van der Waals surface area (Å²) < 4.78 is 37.9. The zero-order chi connectivity index (χ0) is 12.2. The van der Waals surface area contributed by atoms with Gasteiger partial charge in [-0.15, -0.1) is 0 Å². The topological polar surface area (TPSA) is 32.3 Å². The number of benzene rings is 1. The van der Waals surface area contributed by atoms with Crippen LogP contribution in [0.5, 0.6) is 0 Å². The molecule has 5 heteroatoms. The molecule has 1 rings (SSSR count). The van der Waals surface area contributed by atoms with Gasteiger partial charge in [0.1, 0.15) is 6.04 Å². The number of alkyl halides is 3. The Morgan fingerprint density at radius 1 is 1.25 bits per heavy atom. The molecule has 0 aliphatic rings. The number of halogens is 3. The molecule has 0 radical (unpaired) electrons. The van der Waals surface area contributed by atoms with Crippen LogP contribution < -0.4 is 5.32 Å². The number of para-hydroxylation sites is 1. The van der Waals surface area contributed by atoms with Crippen LogP contribution in [0.4, 0.5) is 18.9 Å². The van der Waals surface area contributed by atoms with Crippen molar-refractivity contribution in [3.05, 3.63) is 30.3 Å². The molecule has 0 bridgehead atoms. The molecular formula is C11H14F3NO. The Morgan fingerprint density at radius 3 is 2.25 bits per heavy atom. The van der Waals surface area contributed by atoms with Gasteiger partial charge >= 0.3 is 6.18 Å². The molecular weight excluding hydrogens is 219 g/mol. The minimum Gasteiger partial charge on any atom is -0.391 e. The fraction of sp³-hybridized carbons (Fsp3) is 0.455. The van der Waals surface area contributed by atoms with Gasteiger partial charge < -0.3 is 10.4 Å². The highest BCUT2D eigenvalue weighted by Crippen LogP contribution is 2.27. The monoisotopic (exact) mass is 233 g/mol. The van der Waals surface area contributed by atoms with Gasteiger partial charge in [-0.3, -0.25) is 0 Å². The van der Waals surface area contributed by atoms with E-state index in [0.29, 0.717) is 5.69 Å². The van der Waals surface area contributed by atoms with Crippen LogP contribution in [0.3, 0.4) is 0 Å². The summed E-state index contributed by atoms with van der Waals surface area (Å²) in [6.07, 6.45) is -5.87. The van der Waals surface area contributed by atoms with Gasteiger partial charge in [-0.2, -0.15) is 13.2 Å². The molecule has 0 fully saturated rings. The van der Waals surface area contributed by atoms with Gasteiger partial charge in [-0.1, -0.05) is 25.1 Å². The molecule has 0 saturated heterocycles. The Hall–Kier alpha value is -1.23. The summed E-state index contributed by atoms with van der Waals surface area (Å²) in [5.74, 6) is 0. The molecule has 1 aromatic rings. The van der Waals surface area contributed by atoms with Crippen LogP contribution in [0.1, 0.15) is 13.3 Å². The minimum absolute atomic E-state index is 0.0456. The summed E-state index contributed by atoms with van der Waals surface area (Å²) in [6.45, 7) is 1.51. The van der Waals surface area contributed by atoms with Crippen LogP contribution in [0.25, 0.3) is 0 Å².